The highest BCUT2D eigenvalue weighted by Crippen LogP contribution is 2.43. The first-order chi connectivity index (χ1) is 14.1. The molecule has 2 heterocycles. The smallest absolute Gasteiger partial charge is 0.219 e. The van der Waals surface area contributed by atoms with Crippen LogP contribution in [0.5, 0.6) is 0 Å². The Labute approximate surface area is 166 Å². The van der Waals surface area contributed by atoms with E-state index in [-0.39, 0.29) is 17.5 Å². The number of aryl methyl sites for hydroxylation is 1. The predicted molar refractivity (Wildman–Crippen MR) is 106 cm³/mol. The van der Waals surface area contributed by atoms with E-state index in [0.29, 0.717) is 30.1 Å². The molecule has 0 amide bonds. The van der Waals surface area contributed by atoms with E-state index in [0.717, 1.165) is 22.4 Å². The van der Waals surface area contributed by atoms with E-state index in [9.17, 15) is 9.18 Å². The Morgan fingerprint density at radius 2 is 1.83 bits per heavy atom. The number of carbonyl (C=O) groups excluding carboxylic acids is 1. The molecule has 29 heavy (non-hydrogen) atoms. The van der Waals surface area contributed by atoms with Crippen molar-refractivity contribution in [1.29, 1.82) is 0 Å². The summed E-state index contributed by atoms with van der Waals surface area (Å²) in [6.45, 7) is 2.05. The highest BCUT2D eigenvalue weighted by molar-refractivity contribution is 6.00. The molecular formula is C22H19FN4O2. The van der Waals surface area contributed by atoms with Gasteiger partial charge in [0.05, 0.1) is 6.04 Å². The molecule has 2 aliphatic rings. The number of allylic oxidation sites excluding steroid dienone is 1. The zero-order chi connectivity index (χ0) is 20.0. The van der Waals surface area contributed by atoms with Crippen LogP contribution >= 0.6 is 0 Å². The Balaban J connectivity index is 1.59. The molecule has 0 spiro atoms. The number of fused-ring (bicyclic) bond motifs is 1. The summed E-state index contributed by atoms with van der Waals surface area (Å²) in [5.74, 6) is 0.666. The number of hydrogen-bond acceptors (Lipinski definition) is 6. The van der Waals surface area contributed by atoms with Gasteiger partial charge in [0.1, 0.15) is 5.82 Å². The van der Waals surface area contributed by atoms with Crippen LogP contribution in [0.4, 0.5) is 16.0 Å². The van der Waals surface area contributed by atoms with Gasteiger partial charge in [-0.25, -0.2) is 9.02 Å². The molecule has 0 saturated heterocycles. The van der Waals surface area contributed by atoms with E-state index in [4.69, 9.17) is 4.63 Å². The van der Waals surface area contributed by atoms with Crippen LogP contribution in [0, 0.1) is 12.7 Å². The van der Waals surface area contributed by atoms with Crippen LogP contribution in [0.1, 0.15) is 41.5 Å². The second-order valence-electron chi connectivity index (χ2n) is 7.55. The minimum atomic E-state index is -0.461. The summed E-state index contributed by atoms with van der Waals surface area (Å²) in [6, 6.07) is 13.9. The number of anilines is 2. The summed E-state index contributed by atoms with van der Waals surface area (Å²) in [4.78, 5) is 13.3. The lowest BCUT2D eigenvalue weighted by Crippen LogP contribution is -2.27. The maximum absolute atomic E-state index is 13.5. The zero-order valence-corrected chi connectivity index (χ0v) is 15.8. The van der Waals surface area contributed by atoms with Crippen molar-refractivity contribution in [2.24, 2.45) is 0 Å². The summed E-state index contributed by atoms with van der Waals surface area (Å²) in [5, 5.41) is 14.3. The molecular weight excluding hydrogens is 371 g/mol. The number of nitrogens with zero attached hydrogens (tertiary/aromatic N) is 2. The van der Waals surface area contributed by atoms with Gasteiger partial charge < -0.3 is 10.6 Å². The minimum Gasteiger partial charge on any atom is -0.353 e. The highest BCUT2D eigenvalue weighted by atomic mass is 19.1. The molecule has 2 unspecified atom stereocenters. The maximum atomic E-state index is 13.5. The van der Waals surface area contributed by atoms with Gasteiger partial charge in [0.25, 0.3) is 0 Å². The first-order valence-corrected chi connectivity index (χ1v) is 9.53. The van der Waals surface area contributed by atoms with E-state index >= 15 is 0 Å². The fraction of sp³-hybridized carbons (Fsp3) is 0.227. The van der Waals surface area contributed by atoms with Gasteiger partial charge >= 0.3 is 0 Å². The fourth-order valence-electron chi connectivity index (χ4n) is 4.17. The number of nitrogens with one attached hydrogen (secondary N) is 2. The van der Waals surface area contributed by atoms with Crippen molar-refractivity contribution < 1.29 is 13.8 Å². The second-order valence-corrected chi connectivity index (χ2v) is 7.55. The molecule has 146 valence electrons. The molecule has 0 saturated carbocycles. The first-order valence-electron chi connectivity index (χ1n) is 9.53. The topological polar surface area (TPSA) is 80.1 Å². The summed E-state index contributed by atoms with van der Waals surface area (Å²) in [7, 11) is 0. The largest absolute Gasteiger partial charge is 0.353 e. The van der Waals surface area contributed by atoms with E-state index in [1.807, 2.05) is 19.1 Å². The lowest BCUT2D eigenvalue weighted by atomic mass is 9.78. The number of halogens is 1. The van der Waals surface area contributed by atoms with E-state index in [2.05, 4.69) is 33.1 Å². The van der Waals surface area contributed by atoms with Gasteiger partial charge in [0.2, 0.25) is 11.6 Å². The number of ketones is 1. The van der Waals surface area contributed by atoms with Crippen molar-refractivity contribution in [1.82, 2.24) is 10.3 Å². The van der Waals surface area contributed by atoms with E-state index < -0.39 is 6.04 Å². The summed E-state index contributed by atoms with van der Waals surface area (Å²) < 4.78 is 18.3. The molecule has 5 rings (SSSR count). The molecule has 1 aliphatic carbocycles. The van der Waals surface area contributed by atoms with Crippen molar-refractivity contribution in [3.05, 3.63) is 82.3 Å². The molecule has 7 heteroatoms. The van der Waals surface area contributed by atoms with Gasteiger partial charge in [0.15, 0.2) is 5.78 Å². The third kappa shape index (κ3) is 3.18. The van der Waals surface area contributed by atoms with Crippen LogP contribution in [0.3, 0.4) is 0 Å². The molecule has 3 aromatic rings. The van der Waals surface area contributed by atoms with Gasteiger partial charge in [0, 0.05) is 17.7 Å². The SMILES string of the molecule is Cc1cccc(C2CC(=O)C3=C(C2)Nc2nonc2NC3c2ccc(F)cc2)c1. The molecule has 0 radical (unpaired) electrons. The standard InChI is InChI=1S/C22H19FN4O2/c1-12-3-2-4-14(9-12)15-10-17-19(18(28)11-15)20(13-5-7-16(23)8-6-13)25-22-21(24-17)26-29-27-22/h2-9,15,20H,10-11H2,1H3,(H,24,26)(H,25,27). The molecule has 2 aromatic carbocycles. The van der Waals surface area contributed by atoms with Crippen molar-refractivity contribution in [3.8, 4) is 0 Å². The van der Waals surface area contributed by atoms with Crippen molar-refractivity contribution >= 4 is 17.4 Å². The summed E-state index contributed by atoms with van der Waals surface area (Å²) in [5.41, 5.74) is 4.52. The first kappa shape index (κ1) is 17.6. The molecule has 1 aliphatic heterocycles. The quantitative estimate of drug-likeness (QED) is 0.671. The van der Waals surface area contributed by atoms with Crippen LogP contribution in [-0.2, 0) is 4.79 Å². The number of rotatable bonds is 2. The third-order valence-corrected chi connectivity index (χ3v) is 5.55. The number of benzene rings is 2. The van der Waals surface area contributed by atoms with Gasteiger partial charge in [-0.15, -0.1) is 0 Å². The summed E-state index contributed by atoms with van der Waals surface area (Å²) >= 11 is 0. The van der Waals surface area contributed by atoms with E-state index in [1.165, 1.54) is 12.1 Å². The van der Waals surface area contributed by atoms with Crippen LogP contribution in [-0.4, -0.2) is 16.1 Å². The van der Waals surface area contributed by atoms with Crippen molar-refractivity contribution in [2.75, 3.05) is 10.6 Å². The number of Topliss-reactive ketones (excluding diaryl/α,β-unsaturated/α-hetero) is 1. The predicted octanol–water partition coefficient (Wildman–Crippen LogP) is 4.50. The Morgan fingerprint density at radius 3 is 2.62 bits per heavy atom. The molecule has 0 fully saturated rings. The molecule has 6 nitrogen and oxygen atoms in total. The zero-order valence-electron chi connectivity index (χ0n) is 15.8. The van der Waals surface area contributed by atoms with Crippen LogP contribution < -0.4 is 10.6 Å². The Kier molecular flexibility index (Phi) is 4.16. The lowest BCUT2D eigenvalue weighted by molar-refractivity contribution is -0.116. The van der Waals surface area contributed by atoms with Gasteiger partial charge in [-0.2, -0.15) is 0 Å². The summed E-state index contributed by atoms with van der Waals surface area (Å²) in [6.07, 6.45) is 1.08. The minimum absolute atomic E-state index is 0.0502. The van der Waals surface area contributed by atoms with Gasteiger partial charge in [-0.05, 0) is 52.8 Å². The normalized spacial score (nSPS) is 21.0. The monoisotopic (exact) mass is 390 g/mol. The number of hydrogen-bond donors (Lipinski definition) is 2. The molecule has 2 N–H and O–H groups in total. The van der Waals surface area contributed by atoms with Gasteiger partial charge in [-0.1, -0.05) is 42.0 Å². The number of aromatic nitrogens is 2. The van der Waals surface area contributed by atoms with Crippen LogP contribution in [0.2, 0.25) is 0 Å². The van der Waals surface area contributed by atoms with Crippen LogP contribution in [0.15, 0.2) is 64.4 Å². The van der Waals surface area contributed by atoms with E-state index in [1.54, 1.807) is 12.1 Å². The Morgan fingerprint density at radius 1 is 1.03 bits per heavy atom. The second kappa shape index (κ2) is 6.84. The Hall–Kier alpha value is -3.48. The van der Waals surface area contributed by atoms with Gasteiger partial charge in [-0.3, -0.25) is 4.79 Å². The van der Waals surface area contributed by atoms with Crippen molar-refractivity contribution in [2.45, 2.75) is 31.7 Å². The number of carbonyl (C=O) groups is 1. The van der Waals surface area contributed by atoms with Crippen LogP contribution in [0.25, 0.3) is 0 Å². The molecule has 2 atom stereocenters. The highest BCUT2D eigenvalue weighted by Gasteiger charge is 2.37. The molecule has 1 aromatic heterocycles. The Bertz CT molecular complexity index is 1120. The lowest BCUT2D eigenvalue weighted by Gasteiger charge is -2.29. The average molecular weight is 390 g/mol. The average Bonchev–Trinajstić information content (AvgIpc) is 3.07. The molecule has 0 bridgehead atoms. The van der Waals surface area contributed by atoms with Crippen molar-refractivity contribution in [3.63, 3.8) is 0 Å². The maximum Gasteiger partial charge on any atom is 0.219 e. The third-order valence-electron chi connectivity index (χ3n) is 5.55. The fourth-order valence-corrected chi connectivity index (χ4v) is 4.17.